The van der Waals surface area contributed by atoms with Crippen molar-refractivity contribution in [1.29, 1.82) is 0 Å². The van der Waals surface area contributed by atoms with E-state index in [1.165, 1.54) is 16.9 Å². The van der Waals surface area contributed by atoms with Gasteiger partial charge in [0.25, 0.3) is 5.91 Å². The van der Waals surface area contributed by atoms with E-state index < -0.39 is 0 Å². The molecule has 0 aliphatic carbocycles. The van der Waals surface area contributed by atoms with Crippen molar-refractivity contribution in [2.75, 3.05) is 6.54 Å². The third-order valence-electron chi connectivity index (χ3n) is 2.34. The molecule has 17 heavy (non-hydrogen) atoms. The molecule has 2 nitrogen and oxygen atoms in total. The number of halogens is 1. The van der Waals surface area contributed by atoms with Crippen molar-refractivity contribution in [1.82, 2.24) is 5.32 Å². The number of amides is 1. The number of nitrogens with one attached hydrogen (secondary N) is 1. The number of carbonyl (C=O) groups excluding carboxylic acids is 1. The largest absolute Gasteiger partial charge is 0.351 e. The summed E-state index contributed by atoms with van der Waals surface area (Å²) in [6.45, 7) is 0.665. The Morgan fingerprint density at radius 3 is 2.59 bits per heavy atom. The zero-order valence-corrected chi connectivity index (χ0v) is 11.6. The van der Waals surface area contributed by atoms with Gasteiger partial charge in [-0.05, 0) is 40.0 Å². The molecule has 1 amide bonds. The SMILES string of the molecule is O=C(NCCc1ccccc1)c1ccc(Br)s1. The van der Waals surface area contributed by atoms with Crippen LogP contribution >= 0.6 is 27.3 Å². The first-order valence-corrected chi connectivity index (χ1v) is 6.94. The lowest BCUT2D eigenvalue weighted by atomic mass is 10.1. The molecule has 0 unspecified atom stereocenters. The molecule has 88 valence electrons. The summed E-state index contributed by atoms with van der Waals surface area (Å²) < 4.78 is 0.978. The number of benzene rings is 1. The summed E-state index contributed by atoms with van der Waals surface area (Å²) in [5.74, 6) is -0.00312. The summed E-state index contributed by atoms with van der Waals surface area (Å²) in [5, 5.41) is 2.91. The molecule has 1 aromatic carbocycles. The molecule has 0 aliphatic rings. The molecular formula is C13H12BrNOS. The van der Waals surface area contributed by atoms with Gasteiger partial charge in [-0.1, -0.05) is 30.3 Å². The second kappa shape index (κ2) is 5.98. The van der Waals surface area contributed by atoms with E-state index in [-0.39, 0.29) is 5.91 Å². The Hall–Kier alpha value is -1.13. The smallest absolute Gasteiger partial charge is 0.261 e. The maximum Gasteiger partial charge on any atom is 0.261 e. The summed E-state index contributed by atoms with van der Waals surface area (Å²) in [7, 11) is 0. The molecule has 1 heterocycles. The Morgan fingerprint density at radius 2 is 1.94 bits per heavy atom. The molecule has 0 fully saturated rings. The van der Waals surface area contributed by atoms with E-state index in [0.717, 1.165) is 15.1 Å². The molecule has 2 aromatic rings. The summed E-state index contributed by atoms with van der Waals surface area (Å²) >= 11 is 4.79. The van der Waals surface area contributed by atoms with Gasteiger partial charge in [-0.2, -0.15) is 0 Å². The van der Waals surface area contributed by atoms with E-state index >= 15 is 0 Å². The predicted octanol–water partition coefficient (Wildman–Crippen LogP) is 3.48. The van der Waals surface area contributed by atoms with Crippen LogP contribution in [-0.2, 0) is 6.42 Å². The molecule has 4 heteroatoms. The lowest BCUT2D eigenvalue weighted by Crippen LogP contribution is -2.24. The maximum absolute atomic E-state index is 11.7. The fourth-order valence-corrected chi connectivity index (χ4v) is 2.79. The molecule has 1 aromatic heterocycles. The molecule has 0 spiro atoms. The maximum atomic E-state index is 11.7. The lowest BCUT2D eigenvalue weighted by molar-refractivity contribution is 0.0958. The van der Waals surface area contributed by atoms with E-state index in [1.54, 1.807) is 0 Å². The summed E-state index contributed by atoms with van der Waals surface area (Å²) in [4.78, 5) is 12.5. The summed E-state index contributed by atoms with van der Waals surface area (Å²) in [6, 6.07) is 13.8. The minimum atomic E-state index is -0.00312. The highest BCUT2D eigenvalue weighted by Gasteiger charge is 2.07. The van der Waals surface area contributed by atoms with E-state index in [0.29, 0.717) is 6.54 Å². The van der Waals surface area contributed by atoms with Crippen LogP contribution in [0.15, 0.2) is 46.3 Å². The number of carbonyl (C=O) groups is 1. The van der Waals surface area contributed by atoms with Crippen molar-refractivity contribution in [3.63, 3.8) is 0 Å². The predicted molar refractivity (Wildman–Crippen MR) is 74.5 cm³/mol. The summed E-state index contributed by atoms with van der Waals surface area (Å²) in [5.41, 5.74) is 1.24. The average Bonchev–Trinajstić information content (AvgIpc) is 2.77. The molecule has 0 aliphatic heterocycles. The Bertz CT molecular complexity index is 495. The van der Waals surface area contributed by atoms with Crippen LogP contribution in [0.4, 0.5) is 0 Å². The highest BCUT2D eigenvalue weighted by atomic mass is 79.9. The van der Waals surface area contributed by atoms with Gasteiger partial charge < -0.3 is 5.32 Å². The second-order valence-electron chi connectivity index (χ2n) is 3.60. The Morgan fingerprint density at radius 1 is 1.18 bits per heavy atom. The molecule has 0 radical (unpaired) electrons. The summed E-state index contributed by atoms with van der Waals surface area (Å²) in [6.07, 6.45) is 0.860. The molecule has 0 saturated carbocycles. The van der Waals surface area contributed by atoms with Gasteiger partial charge in [0.2, 0.25) is 0 Å². The van der Waals surface area contributed by atoms with Crippen LogP contribution < -0.4 is 5.32 Å². The second-order valence-corrected chi connectivity index (χ2v) is 6.06. The van der Waals surface area contributed by atoms with Gasteiger partial charge in [-0.25, -0.2) is 0 Å². The Balaban J connectivity index is 1.81. The number of hydrogen-bond acceptors (Lipinski definition) is 2. The van der Waals surface area contributed by atoms with Crippen LogP contribution in [0, 0.1) is 0 Å². The van der Waals surface area contributed by atoms with Gasteiger partial charge >= 0.3 is 0 Å². The Labute approximate surface area is 113 Å². The number of hydrogen-bond donors (Lipinski definition) is 1. The first-order chi connectivity index (χ1) is 8.25. The topological polar surface area (TPSA) is 29.1 Å². The normalized spacial score (nSPS) is 10.2. The average molecular weight is 310 g/mol. The van der Waals surface area contributed by atoms with Crippen molar-refractivity contribution in [3.05, 3.63) is 56.7 Å². The first-order valence-electron chi connectivity index (χ1n) is 5.33. The van der Waals surface area contributed by atoms with Crippen molar-refractivity contribution >= 4 is 33.2 Å². The standard InChI is InChI=1S/C13H12BrNOS/c14-12-7-6-11(17-12)13(16)15-9-8-10-4-2-1-3-5-10/h1-7H,8-9H2,(H,15,16). The fraction of sp³-hybridized carbons (Fsp3) is 0.154. The van der Waals surface area contributed by atoms with E-state index in [1.807, 2.05) is 30.3 Å². The minimum Gasteiger partial charge on any atom is -0.351 e. The van der Waals surface area contributed by atoms with Gasteiger partial charge in [-0.15, -0.1) is 11.3 Å². The lowest BCUT2D eigenvalue weighted by Gasteiger charge is -2.03. The molecule has 0 atom stereocenters. The van der Waals surface area contributed by atoms with Crippen LogP contribution in [0.2, 0.25) is 0 Å². The molecule has 0 bridgehead atoms. The molecular weight excluding hydrogens is 298 g/mol. The van der Waals surface area contributed by atoms with Crippen LogP contribution in [0.5, 0.6) is 0 Å². The quantitative estimate of drug-likeness (QED) is 0.920. The van der Waals surface area contributed by atoms with Crippen LogP contribution in [0.3, 0.4) is 0 Å². The van der Waals surface area contributed by atoms with Crippen LogP contribution in [0.25, 0.3) is 0 Å². The van der Waals surface area contributed by atoms with Crippen molar-refractivity contribution in [3.8, 4) is 0 Å². The van der Waals surface area contributed by atoms with Crippen LogP contribution in [0.1, 0.15) is 15.2 Å². The van der Waals surface area contributed by atoms with Crippen molar-refractivity contribution in [2.24, 2.45) is 0 Å². The van der Waals surface area contributed by atoms with E-state index in [2.05, 4.69) is 33.4 Å². The zero-order valence-electron chi connectivity index (χ0n) is 9.15. The zero-order chi connectivity index (χ0) is 12.1. The van der Waals surface area contributed by atoms with Gasteiger partial charge in [-0.3, -0.25) is 4.79 Å². The monoisotopic (exact) mass is 309 g/mol. The van der Waals surface area contributed by atoms with Gasteiger partial charge in [0, 0.05) is 6.54 Å². The first kappa shape index (κ1) is 12.3. The van der Waals surface area contributed by atoms with Crippen LogP contribution in [-0.4, -0.2) is 12.5 Å². The number of rotatable bonds is 4. The third-order valence-corrected chi connectivity index (χ3v) is 3.96. The van der Waals surface area contributed by atoms with Gasteiger partial charge in [0.05, 0.1) is 8.66 Å². The van der Waals surface area contributed by atoms with Crippen molar-refractivity contribution < 1.29 is 4.79 Å². The third kappa shape index (κ3) is 3.68. The van der Waals surface area contributed by atoms with Gasteiger partial charge in [0.1, 0.15) is 0 Å². The minimum absolute atomic E-state index is 0.00312. The Kier molecular flexibility index (Phi) is 4.34. The van der Waals surface area contributed by atoms with E-state index in [9.17, 15) is 4.79 Å². The van der Waals surface area contributed by atoms with Crippen molar-refractivity contribution in [2.45, 2.75) is 6.42 Å². The molecule has 1 N–H and O–H groups in total. The highest BCUT2D eigenvalue weighted by molar-refractivity contribution is 9.11. The number of thiophene rings is 1. The van der Waals surface area contributed by atoms with Gasteiger partial charge in [0.15, 0.2) is 0 Å². The molecule has 2 rings (SSSR count). The fourth-order valence-electron chi connectivity index (χ4n) is 1.49. The molecule has 0 saturated heterocycles. The highest BCUT2D eigenvalue weighted by Crippen LogP contribution is 2.21. The van der Waals surface area contributed by atoms with E-state index in [4.69, 9.17) is 0 Å².